The maximum Gasteiger partial charge on any atom is 0.117 e. The number of ether oxygens (including phenoxy) is 1. The number of aromatic nitrogens is 3. The predicted octanol–water partition coefficient (Wildman–Crippen LogP) is 1.86. The molecule has 0 amide bonds. The molecule has 6 nitrogen and oxygen atoms in total. The molecule has 0 N–H and O–H groups in total. The van der Waals surface area contributed by atoms with Crippen molar-refractivity contribution >= 4 is 0 Å². The SMILES string of the molecule is Cc1cnnn1CC1CCC2C1OCCN2Cc1ccco1. The minimum atomic E-state index is 0.298. The first kappa shape index (κ1) is 14.0. The summed E-state index contributed by atoms with van der Waals surface area (Å²) < 4.78 is 13.6. The van der Waals surface area contributed by atoms with Crippen LogP contribution in [0, 0.1) is 12.8 Å². The van der Waals surface area contributed by atoms with Crippen LogP contribution in [0.25, 0.3) is 0 Å². The Balaban J connectivity index is 1.45. The minimum absolute atomic E-state index is 0.298. The van der Waals surface area contributed by atoms with Crippen LogP contribution >= 0.6 is 0 Å². The quantitative estimate of drug-likeness (QED) is 0.863. The van der Waals surface area contributed by atoms with Crippen LogP contribution in [0.4, 0.5) is 0 Å². The maximum absolute atomic E-state index is 6.12. The largest absolute Gasteiger partial charge is 0.468 e. The van der Waals surface area contributed by atoms with Crippen LogP contribution in [0.2, 0.25) is 0 Å². The number of aryl methyl sites for hydroxylation is 1. The lowest BCUT2D eigenvalue weighted by Crippen LogP contribution is -2.50. The molecule has 22 heavy (non-hydrogen) atoms. The molecule has 2 aromatic rings. The Bertz CT molecular complexity index is 609. The molecule has 3 atom stereocenters. The number of hydrogen-bond donors (Lipinski definition) is 0. The minimum Gasteiger partial charge on any atom is -0.468 e. The van der Waals surface area contributed by atoms with Crippen molar-refractivity contribution in [2.45, 2.75) is 45.0 Å². The highest BCUT2D eigenvalue weighted by Gasteiger charge is 2.43. The first-order valence-electron chi connectivity index (χ1n) is 8.04. The fourth-order valence-electron chi connectivity index (χ4n) is 3.84. The van der Waals surface area contributed by atoms with Gasteiger partial charge in [-0.1, -0.05) is 5.21 Å². The topological polar surface area (TPSA) is 56.3 Å². The van der Waals surface area contributed by atoms with Gasteiger partial charge in [0.1, 0.15) is 5.76 Å². The van der Waals surface area contributed by atoms with Crippen LogP contribution in [-0.4, -0.2) is 45.2 Å². The molecule has 1 aliphatic carbocycles. The molecule has 0 spiro atoms. The summed E-state index contributed by atoms with van der Waals surface area (Å²) in [7, 11) is 0. The predicted molar refractivity (Wildman–Crippen MR) is 80.1 cm³/mol. The summed E-state index contributed by atoms with van der Waals surface area (Å²) in [5, 5.41) is 8.16. The van der Waals surface area contributed by atoms with Crippen molar-refractivity contribution in [3.63, 3.8) is 0 Å². The van der Waals surface area contributed by atoms with E-state index in [1.807, 2.05) is 16.9 Å². The zero-order valence-corrected chi connectivity index (χ0v) is 12.9. The van der Waals surface area contributed by atoms with E-state index in [2.05, 4.69) is 28.2 Å². The normalized spacial score (nSPS) is 28.9. The Hall–Kier alpha value is -1.66. The van der Waals surface area contributed by atoms with Crippen LogP contribution < -0.4 is 0 Å². The zero-order chi connectivity index (χ0) is 14.9. The molecular weight excluding hydrogens is 280 g/mol. The van der Waals surface area contributed by atoms with Crippen molar-refractivity contribution < 1.29 is 9.15 Å². The average Bonchev–Trinajstić information content (AvgIpc) is 3.24. The number of hydrogen-bond acceptors (Lipinski definition) is 5. The lowest BCUT2D eigenvalue weighted by atomic mass is 10.0. The molecule has 0 aromatic carbocycles. The lowest BCUT2D eigenvalue weighted by molar-refractivity contribution is -0.0805. The number of nitrogens with zero attached hydrogens (tertiary/aromatic N) is 4. The van der Waals surface area contributed by atoms with E-state index in [1.54, 1.807) is 6.26 Å². The van der Waals surface area contributed by atoms with E-state index in [-0.39, 0.29) is 0 Å². The third kappa shape index (κ3) is 2.57. The van der Waals surface area contributed by atoms with Crippen molar-refractivity contribution in [1.29, 1.82) is 0 Å². The fraction of sp³-hybridized carbons (Fsp3) is 0.625. The third-order valence-corrected chi connectivity index (χ3v) is 4.99. The summed E-state index contributed by atoms with van der Waals surface area (Å²) in [6.45, 7) is 5.62. The summed E-state index contributed by atoms with van der Waals surface area (Å²) in [5.41, 5.74) is 1.12. The molecule has 6 heteroatoms. The van der Waals surface area contributed by atoms with Gasteiger partial charge in [0, 0.05) is 25.0 Å². The van der Waals surface area contributed by atoms with Gasteiger partial charge >= 0.3 is 0 Å². The van der Waals surface area contributed by atoms with Gasteiger partial charge in [0.25, 0.3) is 0 Å². The molecule has 4 rings (SSSR count). The Labute approximate surface area is 130 Å². The lowest BCUT2D eigenvalue weighted by Gasteiger charge is -2.38. The van der Waals surface area contributed by atoms with Crippen molar-refractivity contribution in [3.05, 3.63) is 36.0 Å². The number of fused-ring (bicyclic) bond motifs is 1. The number of furan rings is 1. The second-order valence-electron chi connectivity index (χ2n) is 6.35. The van der Waals surface area contributed by atoms with E-state index in [0.717, 1.165) is 37.7 Å². The second kappa shape index (κ2) is 5.85. The van der Waals surface area contributed by atoms with Crippen LogP contribution in [-0.2, 0) is 17.8 Å². The first-order chi connectivity index (χ1) is 10.8. The van der Waals surface area contributed by atoms with Crippen molar-refractivity contribution in [3.8, 4) is 0 Å². The molecule has 0 bridgehead atoms. The number of morpholine rings is 1. The summed E-state index contributed by atoms with van der Waals surface area (Å²) in [6.07, 6.45) is 6.23. The average molecular weight is 302 g/mol. The maximum atomic E-state index is 6.12. The molecule has 0 radical (unpaired) electrons. The second-order valence-corrected chi connectivity index (χ2v) is 6.35. The van der Waals surface area contributed by atoms with E-state index in [9.17, 15) is 0 Å². The molecule has 118 valence electrons. The van der Waals surface area contributed by atoms with E-state index >= 15 is 0 Å². The summed E-state index contributed by atoms with van der Waals surface area (Å²) in [6, 6.07) is 4.50. The molecule has 2 aliphatic rings. The van der Waals surface area contributed by atoms with Gasteiger partial charge in [0.15, 0.2) is 0 Å². The molecule has 2 aromatic heterocycles. The Kier molecular flexibility index (Phi) is 3.72. The zero-order valence-electron chi connectivity index (χ0n) is 12.9. The fourth-order valence-corrected chi connectivity index (χ4v) is 3.84. The summed E-state index contributed by atoms with van der Waals surface area (Å²) >= 11 is 0. The molecule has 1 saturated heterocycles. The Morgan fingerprint density at radius 1 is 1.36 bits per heavy atom. The van der Waals surface area contributed by atoms with Crippen LogP contribution in [0.1, 0.15) is 24.3 Å². The summed E-state index contributed by atoms with van der Waals surface area (Å²) in [5.74, 6) is 1.56. The van der Waals surface area contributed by atoms with Gasteiger partial charge in [0.05, 0.1) is 37.4 Å². The highest BCUT2D eigenvalue weighted by molar-refractivity contribution is 5.02. The molecular formula is C16H22N4O2. The third-order valence-electron chi connectivity index (χ3n) is 4.99. The molecule has 2 fully saturated rings. The van der Waals surface area contributed by atoms with Crippen LogP contribution in [0.5, 0.6) is 0 Å². The van der Waals surface area contributed by atoms with E-state index in [1.165, 1.54) is 12.8 Å². The molecule has 3 unspecified atom stereocenters. The van der Waals surface area contributed by atoms with Gasteiger partial charge in [-0.3, -0.25) is 4.90 Å². The highest BCUT2D eigenvalue weighted by atomic mass is 16.5. The van der Waals surface area contributed by atoms with Gasteiger partial charge in [-0.2, -0.15) is 0 Å². The smallest absolute Gasteiger partial charge is 0.117 e. The standard InChI is InChI=1S/C16H22N4O2/c1-12-9-17-18-20(12)10-13-4-5-15-16(13)22-8-6-19(15)11-14-3-2-7-21-14/h2-3,7,9,13,15-16H,4-6,8,10-11H2,1H3. The summed E-state index contributed by atoms with van der Waals surface area (Å²) in [4.78, 5) is 2.52. The van der Waals surface area contributed by atoms with Gasteiger partial charge in [0.2, 0.25) is 0 Å². The Morgan fingerprint density at radius 2 is 2.32 bits per heavy atom. The molecule has 3 heterocycles. The van der Waals surface area contributed by atoms with E-state index in [0.29, 0.717) is 18.1 Å². The first-order valence-corrected chi connectivity index (χ1v) is 8.04. The monoisotopic (exact) mass is 302 g/mol. The molecule has 1 aliphatic heterocycles. The van der Waals surface area contributed by atoms with Gasteiger partial charge in [-0.05, 0) is 31.9 Å². The van der Waals surface area contributed by atoms with Crippen LogP contribution in [0.3, 0.4) is 0 Å². The van der Waals surface area contributed by atoms with E-state index in [4.69, 9.17) is 9.15 Å². The molecule has 1 saturated carbocycles. The van der Waals surface area contributed by atoms with Gasteiger partial charge in [-0.25, -0.2) is 4.68 Å². The number of rotatable bonds is 4. The highest BCUT2D eigenvalue weighted by Crippen LogP contribution is 2.36. The van der Waals surface area contributed by atoms with Crippen molar-refractivity contribution in [1.82, 2.24) is 19.9 Å². The van der Waals surface area contributed by atoms with Gasteiger partial charge < -0.3 is 9.15 Å². The van der Waals surface area contributed by atoms with Crippen LogP contribution in [0.15, 0.2) is 29.0 Å². The van der Waals surface area contributed by atoms with Gasteiger partial charge in [-0.15, -0.1) is 5.10 Å². The van der Waals surface area contributed by atoms with Crippen molar-refractivity contribution in [2.75, 3.05) is 13.2 Å². The van der Waals surface area contributed by atoms with Crippen molar-refractivity contribution in [2.24, 2.45) is 5.92 Å². The van der Waals surface area contributed by atoms with E-state index < -0.39 is 0 Å². The Morgan fingerprint density at radius 3 is 3.09 bits per heavy atom.